The molecule has 0 radical (unpaired) electrons. The molecule has 0 amide bonds. The van der Waals surface area contributed by atoms with Crippen LogP contribution >= 0.6 is 15.9 Å². The Morgan fingerprint density at radius 1 is 1.61 bits per heavy atom. The Labute approximate surface area is 113 Å². The van der Waals surface area contributed by atoms with Crippen LogP contribution in [0.1, 0.15) is 12.5 Å². The molecule has 0 heterocycles. The number of likely N-dealkylation sites (N-methyl/N-ethyl adjacent to an activating group) is 1. The summed E-state index contributed by atoms with van der Waals surface area (Å²) in [4.78, 5) is 1.61. The van der Waals surface area contributed by atoms with Crippen molar-refractivity contribution in [2.45, 2.75) is 13.0 Å². The summed E-state index contributed by atoms with van der Waals surface area (Å²) in [7, 11) is 1.68. The molecule has 1 unspecified atom stereocenters. The maximum atomic E-state index is 14.1. The Morgan fingerprint density at radius 3 is 2.72 bits per heavy atom. The molecule has 0 aliphatic carbocycles. The van der Waals surface area contributed by atoms with E-state index in [1.807, 2.05) is 0 Å². The van der Waals surface area contributed by atoms with Crippen molar-refractivity contribution < 1.29 is 14.7 Å². The van der Waals surface area contributed by atoms with E-state index in [2.05, 4.69) is 21.1 Å². The van der Waals surface area contributed by atoms with E-state index in [0.717, 1.165) is 0 Å². The maximum Gasteiger partial charge on any atom is 0.171 e. The lowest BCUT2D eigenvalue weighted by Crippen LogP contribution is -2.32. The fourth-order valence-corrected chi connectivity index (χ4v) is 1.96. The molecule has 0 aliphatic heterocycles. The molecule has 1 aromatic rings. The molecule has 0 aromatic heterocycles. The average molecular weight is 320 g/mol. The van der Waals surface area contributed by atoms with Gasteiger partial charge < -0.3 is 20.9 Å². The zero-order valence-corrected chi connectivity index (χ0v) is 11.6. The Morgan fingerprint density at radius 2 is 2.22 bits per heavy atom. The van der Waals surface area contributed by atoms with E-state index < -0.39 is 5.82 Å². The van der Waals surface area contributed by atoms with Gasteiger partial charge in [0.05, 0.1) is 16.8 Å². The third-order valence-corrected chi connectivity index (χ3v) is 3.53. The second kappa shape index (κ2) is 6.01. The van der Waals surface area contributed by atoms with Crippen molar-refractivity contribution >= 4 is 27.5 Å². The number of aliphatic hydroxyl groups is 1. The van der Waals surface area contributed by atoms with Crippen LogP contribution in [0.2, 0.25) is 0 Å². The number of nitrogens with zero attached hydrogens (tertiary/aromatic N) is 2. The van der Waals surface area contributed by atoms with Crippen LogP contribution in [-0.4, -0.2) is 35.8 Å². The van der Waals surface area contributed by atoms with Crippen LogP contribution in [0.5, 0.6) is 0 Å². The fourth-order valence-electron chi connectivity index (χ4n) is 1.42. The second-order valence-electron chi connectivity index (χ2n) is 3.89. The van der Waals surface area contributed by atoms with Gasteiger partial charge in [0.2, 0.25) is 0 Å². The molecular formula is C11H15BrFN3O2. The van der Waals surface area contributed by atoms with Crippen LogP contribution in [0.15, 0.2) is 21.8 Å². The summed E-state index contributed by atoms with van der Waals surface area (Å²) in [5, 5.41) is 20.5. The van der Waals surface area contributed by atoms with Gasteiger partial charge in [0.1, 0.15) is 0 Å². The minimum absolute atomic E-state index is 0.0878. The predicted molar refractivity (Wildman–Crippen MR) is 71.6 cm³/mol. The zero-order chi connectivity index (χ0) is 13.9. The van der Waals surface area contributed by atoms with Gasteiger partial charge in [0.15, 0.2) is 11.7 Å². The average Bonchev–Trinajstić information content (AvgIpc) is 2.39. The van der Waals surface area contributed by atoms with Gasteiger partial charge in [-0.3, -0.25) is 0 Å². The van der Waals surface area contributed by atoms with E-state index >= 15 is 0 Å². The van der Waals surface area contributed by atoms with Gasteiger partial charge >= 0.3 is 0 Å². The molecule has 5 nitrogen and oxygen atoms in total. The summed E-state index contributed by atoms with van der Waals surface area (Å²) >= 11 is 3.08. The summed E-state index contributed by atoms with van der Waals surface area (Å²) in [5.41, 5.74) is 6.01. The van der Waals surface area contributed by atoms with E-state index in [4.69, 9.17) is 16.0 Å². The summed E-state index contributed by atoms with van der Waals surface area (Å²) in [5.74, 6) is -0.702. The van der Waals surface area contributed by atoms with Gasteiger partial charge in [0, 0.05) is 18.7 Å². The van der Waals surface area contributed by atoms with Crippen molar-refractivity contribution in [2.24, 2.45) is 10.9 Å². The van der Waals surface area contributed by atoms with Gasteiger partial charge in [-0.05, 0) is 35.0 Å². The summed E-state index contributed by atoms with van der Waals surface area (Å²) in [6.45, 7) is 1.68. The second-order valence-corrected chi connectivity index (χ2v) is 4.68. The lowest BCUT2D eigenvalue weighted by Gasteiger charge is -2.26. The molecule has 18 heavy (non-hydrogen) atoms. The molecule has 7 heteroatoms. The van der Waals surface area contributed by atoms with Crippen LogP contribution in [0.25, 0.3) is 0 Å². The number of benzene rings is 1. The van der Waals surface area contributed by atoms with Gasteiger partial charge in [-0.2, -0.15) is 0 Å². The topological polar surface area (TPSA) is 82.1 Å². The Balaban J connectivity index is 3.24. The van der Waals surface area contributed by atoms with E-state index in [1.54, 1.807) is 18.9 Å². The number of oxime groups is 1. The number of anilines is 1. The van der Waals surface area contributed by atoms with E-state index in [9.17, 15) is 4.39 Å². The SMILES string of the molecule is CC(CO)N(C)c1ccc(/C(N)=N/O)c(Br)c1F. The molecule has 0 saturated carbocycles. The molecule has 0 spiro atoms. The normalized spacial score (nSPS) is 13.5. The van der Waals surface area contributed by atoms with Crippen molar-refractivity contribution in [1.29, 1.82) is 0 Å². The number of nitrogens with two attached hydrogens (primary N) is 1. The van der Waals surface area contributed by atoms with Crippen LogP contribution in [0.3, 0.4) is 0 Å². The number of hydrogen-bond donors (Lipinski definition) is 3. The Bertz CT molecular complexity index is 468. The molecule has 0 aliphatic rings. The minimum Gasteiger partial charge on any atom is -0.409 e. The minimum atomic E-state index is -0.526. The van der Waals surface area contributed by atoms with Crippen molar-refractivity contribution in [3.05, 3.63) is 28.0 Å². The van der Waals surface area contributed by atoms with E-state index in [0.29, 0.717) is 5.69 Å². The lowest BCUT2D eigenvalue weighted by molar-refractivity contribution is 0.269. The number of amidine groups is 1. The number of halogens is 2. The first-order valence-corrected chi connectivity index (χ1v) is 6.02. The van der Waals surface area contributed by atoms with Gasteiger partial charge in [-0.25, -0.2) is 4.39 Å². The van der Waals surface area contributed by atoms with Crippen molar-refractivity contribution in [3.63, 3.8) is 0 Å². The molecule has 1 atom stereocenters. The lowest BCUT2D eigenvalue weighted by atomic mass is 10.1. The molecule has 1 aromatic carbocycles. The van der Waals surface area contributed by atoms with Crippen molar-refractivity contribution in [3.8, 4) is 0 Å². The number of rotatable bonds is 4. The third kappa shape index (κ3) is 2.73. The van der Waals surface area contributed by atoms with Gasteiger partial charge in [-0.15, -0.1) is 0 Å². The van der Waals surface area contributed by atoms with E-state index in [-0.39, 0.29) is 28.5 Å². The monoisotopic (exact) mass is 319 g/mol. The Kier molecular flexibility index (Phi) is 4.92. The molecule has 4 N–H and O–H groups in total. The molecule has 0 bridgehead atoms. The van der Waals surface area contributed by atoms with Crippen LogP contribution in [-0.2, 0) is 0 Å². The van der Waals surface area contributed by atoms with Gasteiger partial charge in [0.25, 0.3) is 0 Å². The maximum absolute atomic E-state index is 14.1. The molecular weight excluding hydrogens is 305 g/mol. The quantitative estimate of drug-likeness (QED) is 0.340. The molecule has 1 rings (SSSR count). The highest BCUT2D eigenvalue weighted by molar-refractivity contribution is 9.10. The fraction of sp³-hybridized carbons (Fsp3) is 0.364. The number of aliphatic hydroxyl groups excluding tert-OH is 1. The highest BCUT2D eigenvalue weighted by Gasteiger charge is 2.18. The molecule has 0 fully saturated rings. The first-order valence-electron chi connectivity index (χ1n) is 5.23. The van der Waals surface area contributed by atoms with E-state index in [1.165, 1.54) is 12.1 Å². The molecule has 0 saturated heterocycles. The van der Waals surface area contributed by atoms with Crippen LogP contribution in [0.4, 0.5) is 10.1 Å². The third-order valence-electron chi connectivity index (χ3n) is 2.75. The number of hydrogen-bond acceptors (Lipinski definition) is 4. The molecule has 100 valence electrons. The highest BCUT2D eigenvalue weighted by atomic mass is 79.9. The van der Waals surface area contributed by atoms with Gasteiger partial charge in [-0.1, -0.05) is 5.16 Å². The standard InChI is InChI=1S/C11H15BrFN3O2/c1-6(5-17)16(2)8-4-3-7(11(14)15-18)9(12)10(8)13/h3-4,6,17-18H,5H2,1-2H3,(H2,14,15). The van der Waals surface area contributed by atoms with Crippen molar-refractivity contribution in [1.82, 2.24) is 0 Å². The first-order chi connectivity index (χ1) is 8.43. The van der Waals surface area contributed by atoms with Crippen molar-refractivity contribution in [2.75, 3.05) is 18.6 Å². The first kappa shape index (κ1) is 14.7. The summed E-state index contributed by atoms with van der Waals surface area (Å²) in [6, 6.07) is 2.83. The van der Waals surface area contributed by atoms with Crippen LogP contribution in [0, 0.1) is 5.82 Å². The highest BCUT2D eigenvalue weighted by Crippen LogP contribution is 2.29. The Hall–Kier alpha value is -1.34. The largest absolute Gasteiger partial charge is 0.409 e. The summed E-state index contributed by atoms with van der Waals surface area (Å²) < 4.78 is 14.3. The summed E-state index contributed by atoms with van der Waals surface area (Å²) in [6.07, 6.45) is 0. The zero-order valence-electron chi connectivity index (χ0n) is 10.1. The van der Waals surface area contributed by atoms with Crippen LogP contribution < -0.4 is 10.6 Å². The smallest absolute Gasteiger partial charge is 0.171 e. The predicted octanol–water partition coefficient (Wildman–Crippen LogP) is 1.50.